The number of aryl methyl sites for hydroxylation is 2. The van der Waals surface area contributed by atoms with Gasteiger partial charge in [0.2, 0.25) is 0 Å². The summed E-state index contributed by atoms with van der Waals surface area (Å²) in [4.78, 5) is 12.4. The number of hydrogen-bond donors (Lipinski definition) is 1. The van der Waals surface area contributed by atoms with E-state index in [9.17, 15) is 13.6 Å². The molecule has 19 heavy (non-hydrogen) atoms. The van der Waals surface area contributed by atoms with Gasteiger partial charge in [-0.25, -0.2) is 8.78 Å². The van der Waals surface area contributed by atoms with Gasteiger partial charge in [0.1, 0.15) is 11.6 Å². The third-order valence-electron chi connectivity index (χ3n) is 2.98. The van der Waals surface area contributed by atoms with E-state index in [2.05, 4.69) is 0 Å². The van der Waals surface area contributed by atoms with Crippen LogP contribution in [0.3, 0.4) is 0 Å². The van der Waals surface area contributed by atoms with Crippen molar-refractivity contribution >= 4 is 11.5 Å². The first-order valence-electron chi connectivity index (χ1n) is 5.76. The molecule has 2 aromatic carbocycles. The molecule has 0 saturated carbocycles. The van der Waals surface area contributed by atoms with Gasteiger partial charge in [0.25, 0.3) is 0 Å². The molecule has 0 aliphatic rings. The minimum absolute atomic E-state index is 0.0952. The molecular formula is C15H13F2NO. The molecule has 0 aromatic heterocycles. The first kappa shape index (κ1) is 13.2. The number of carbonyl (C=O) groups is 1. The Bertz CT molecular complexity index is 642. The predicted molar refractivity (Wildman–Crippen MR) is 70.1 cm³/mol. The van der Waals surface area contributed by atoms with Crippen LogP contribution in [0.15, 0.2) is 30.3 Å². The van der Waals surface area contributed by atoms with E-state index in [1.54, 1.807) is 13.8 Å². The number of halogens is 2. The number of ketones is 1. The Kier molecular flexibility index (Phi) is 3.34. The molecule has 4 heteroatoms. The van der Waals surface area contributed by atoms with Crippen LogP contribution in [-0.4, -0.2) is 5.78 Å². The van der Waals surface area contributed by atoms with Crippen LogP contribution in [0, 0.1) is 25.5 Å². The lowest BCUT2D eigenvalue weighted by Crippen LogP contribution is -2.10. The van der Waals surface area contributed by atoms with Gasteiger partial charge in [-0.05, 0) is 55.3 Å². The SMILES string of the molecule is Cc1cc(F)cc(C)c1C(=O)c1cc(F)ccc1N. The second-order valence-corrected chi connectivity index (χ2v) is 4.48. The van der Waals surface area contributed by atoms with Crippen molar-refractivity contribution in [1.82, 2.24) is 0 Å². The number of rotatable bonds is 2. The fourth-order valence-corrected chi connectivity index (χ4v) is 2.13. The quantitative estimate of drug-likeness (QED) is 0.665. The molecule has 0 radical (unpaired) electrons. The van der Waals surface area contributed by atoms with Crippen LogP contribution in [0.1, 0.15) is 27.0 Å². The predicted octanol–water partition coefficient (Wildman–Crippen LogP) is 3.39. The maximum absolute atomic E-state index is 13.2. The number of hydrogen-bond acceptors (Lipinski definition) is 2. The molecule has 2 N–H and O–H groups in total. The zero-order valence-electron chi connectivity index (χ0n) is 10.6. The fraction of sp³-hybridized carbons (Fsp3) is 0.133. The van der Waals surface area contributed by atoms with Crippen molar-refractivity contribution in [3.8, 4) is 0 Å². The van der Waals surface area contributed by atoms with Gasteiger partial charge in [0, 0.05) is 16.8 Å². The van der Waals surface area contributed by atoms with Crippen molar-refractivity contribution in [2.24, 2.45) is 0 Å². The molecule has 2 rings (SSSR count). The van der Waals surface area contributed by atoms with Gasteiger partial charge in [-0.2, -0.15) is 0 Å². The number of nitrogen functional groups attached to an aromatic ring is 1. The van der Waals surface area contributed by atoms with Gasteiger partial charge >= 0.3 is 0 Å². The van der Waals surface area contributed by atoms with E-state index in [0.717, 1.165) is 6.07 Å². The third-order valence-corrected chi connectivity index (χ3v) is 2.98. The number of carbonyl (C=O) groups excluding carboxylic acids is 1. The summed E-state index contributed by atoms with van der Waals surface area (Å²) in [6.07, 6.45) is 0. The molecule has 0 bridgehead atoms. The van der Waals surface area contributed by atoms with Crippen molar-refractivity contribution in [2.75, 3.05) is 5.73 Å². The number of nitrogens with two attached hydrogens (primary N) is 1. The molecule has 0 fully saturated rings. The molecule has 0 aliphatic heterocycles. The first-order valence-corrected chi connectivity index (χ1v) is 5.76. The average molecular weight is 261 g/mol. The van der Waals surface area contributed by atoms with Crippen molar-refractivity contribution in [3.05, 3.63) is 64.2 Å². The normalized spacial score (nSPS) is 10.5. The highest BCUT2D eigenvalue weighted by Crippen LogP contribution is 2.23. The Balaban J connectivity index is 2.59. The zero-order chi connectivity index (χ0) is 14.2. The minimum Gasteiger partial charge on any atom is -0.398 e. The lowest BCUT2D eigenvalue weighted by Gasteiger charge is -2.11. The summed E-state index contributed by atoms with van der Waals surface area (Å²) in [6.45, 7) is 3.28. The largest absolute Gasteiger partial charge is 0.398 e. The Morgan fingerprint density at radius 3 is 2.16 bits per heavy atom. The van der Waals surface area contributed by atoms with Crippen molar-refractivity contribution in [1.29, 1.82) is 0 Å². The lowest BCUT2D eigenvalue weighted by molar-refractivity contribution is 0.103. The van der Waals surface area contributed by atoms with Crippen LogP contribution in [-0.2, 0) is 0 Å². The molecular weight excluding hydrogens is 248 g/mol. The summed E-state index contributed by atoms with van der Waals surface area (Å²) in [5, 5.41) is 0. The fourth-order valence-electron chi connectivity index (χ4n) is 2.13. The highest BCUT2D eigenvalue weighted by Gasteiger charge is 2.18. The van der Waals surface area contributed by atoms with E-state index in [1.165, 1.54) is 24.3 Å². The highest BCUT2D eigenvalue weighted by atomic mass is 19.1. The van der Waals surface area contributed by atoms with Crippen LogP contribution in [0.2, 0.25) is 0 Å². The van der Waals surface area contributed by atoms with Gasteiger partial charge in [-0.3, -0.25) is 4.79 Å². The zero-order valence-corrected chi connectivity index (χ0v) is 10.6. The summed E-state index contributed by atoms with van der Waals surface area (Å²) >= 11 is 0. The van der Waals surface area contributed by atoms with E-state index in [0.29, 0.717) is 16.7 Å². The van der Waals surface area contributed by atoms with Gasteiger partial charge in [-0.1, -0.05) is 0 Å². The summed E-state index contributed by atoms with van der Waals surface area (Å²) in [6, 6.07) is 6.18. The van der Waals surface area contributed by atoms with Crippen molar-refractivity contribution < 1.29 is 13.6 Å². The monoisotopic (exact) mass is 261 g/mol. The van der Waals surface area contributed by atoms with Crippen LogP contribution in [0.5, 0.6) is 0 Å². The first-order chi connectivity index (χ1) is 8.90. The maximum Gasteiger partial charge on any atom is 0.195 e. The maximum atomic E-state index is 13.2. The molecule has 98 valence electrons. The standard InChI is InChI=1S/C15H13F2NO/c1-8-5-11(17)6-9(2)14(8)15(19)12-7-10(16)3-4-13(12)18/h3-7H,18H2,1-2H3. The number of benzene rings is 2. The smallest absolute Gasteiger partial charge is 0.195 e. The molecule has 2 nitrogen and oxygen atoms in total. The van der Waals surface area contributed by atoms with Gasteiger partial charge < -0.3 is 5.73 Å². The summed E-state index contributed by atoms with van der Waals surface area (Å²) < 4.78 is 26.4. The van der Waals surface area contributed by atoms with Crippen LogP contribution in [0.25, 0.3) is 0 Å². The van der Waals surface area contributed by atoms with Crippen molar-refractivity contribution in [3.63, 3.8) is 0 Å². The highest BCUT2D eigenvalue weighted by molar-refractivity contribution is 6.13. The average Bonchev–Trinajstić information content (AvgIpc) is 2.30. The van der Waals surface area contributed by atoms with Gasteiger partial charge in [0.05, 0.1) is 0 Å². The molecule has 0 saturated heterocycles. The molecule has 0 amide bonds. The lowest BCUT2D eigenvalue weighted by atomic mass is 9.94. The molecule has 0 aliphatic carbocycles. The molecule has 0 unspecified atom stereocenters. The van der Waals surface area contributed by atoms with E-state index in [-0.39, 0.29) is 11.3 Å². The van der Waals surface area contributed by atoms with E-state index in [1.807, 2.05) is 0 Å². The summed E-state index contributed by atoms with van der Waals surface area (Å²) in [5.74, 6) is -1.33. The Morgan fingerprint density at radius 2 is 1.58 bits per heavy atom. The molecule has 0 heterocycles. The molecule has 2 aromatic rings. The Labute approximate surface area is 109 Å². The van der Waals surface area contributed by atoms with E-state index < -0.39 is 17.4 Å². The topological polar surface area (TPSA) is 43.1 Å². The summed E-state index contributed by atoms with van der Waals surface area (Å²) in [5.41, 5.74) is 7.37. The van der Waals surface area contributed by atoms with Crippen molar-refractivity contribution in [2.45, 2.75) is 13.8 Å². The second-order valence-electron chi connectivity index (χ2n) is 4.48. The second kappa shape index (κ2) is 4.80. The van der Waals surface area contributed by atoms with Gasteiger partial charge in [-0.15, -0.1) is 0 Å². The number of anilines is 1. The van der Waals surface area contributed by atoms with Crippen LogP contribution < -0.4 is 5.73 Å². The Hall–Kier alpha value is -2.23. The molecule has 0 atom stereocenters. The summed E-state index contributed by atoms with van der Waals surface area (Å²) in [7, 11) is 0. The van der Waals surface area contributed by atoms with Gasteiger partial charge in [0.15, 0.2) is 5.78 Å². The van der Waals surface area contributed by atoms with Crippen LogP contribution >= 0.6 is 0 Å². The molecule has 0 spiro atoms. The minimum atomic E-state index is -0.532. The third kappa shape index (κ3) is 2.47. The van der Waals surface area contributed by atoms with Crippen LogP contribution in [0.4, 0.5) is 14.5 Å². The van der Waals surface area contributed by atoms with E-state index in [4.69, 9.17) is 5.73 Å². The van der Waals surface area contributed by atoms with E-state index >= 15 is 0 Å². The Morgan fingerprint density at radius 1 is 1.00 bits per heavy atom.